The van der Waals surface area contributed by atoms with E-state index in [0.717, 1.165) is 0 Å². The molecule has 1 amide bonds. The number of alkyl halides is 2. The van der Waals surface area contributed by atoms with E-state index in [1.165, 1.54) is 62.8 Å². The van der Waals surface area contributed by atoms with E-state index in [1.807, 2.05) is 6.07 Å². The van der Waals surface area contributed by atoms with Gasteiger partial charge in [0.05, 0.1) is 40.1 Å². The molecule has 1 aromatic heterocycles. The van der Waals surface area contributed by atoms with Crippen molar-refractivity contribution in [3.05, 3.63) is 64.8 Å². The van der Waals surface area contributed by atoms with E-state index in [9.17, 15) is 17.8 Å². The predicted octanol–water partition coefficient (Wildman–Crippen LogP) is 4.87. The highest BCUT2D eigenvalue weighted by Gasteiger charge is 2.59. The molecule has 0 spiro atoms. The molecule has 1 saturated carbocycles. The van der Waals surface area contributed by atoms with Gasteiger partial charge >= 0.3 is 0 Å². The zero-order valence-electron chi connectivity index (χ0n) is 19.5. The van der Waals surface area contributed by atoms with Crippen LogP contribution in [0.25, 0.3) is 0 Å². The van der Waals surface area contributed by atoms with Gasteiger partial charge in [-0.05, 0) is 42.8 Å². The van der Waals surface area contributed by atoms with E-state index < -0.39 is 33.9 Å². The first kappa shape index (κ1) is 25.0. The molecule has 2 atom stereocenters. The number of amides is 1. The minimum Gasteiger partial charge on any atom is -0.493 e. The van der Waals surface area contributed by atoms with E-state index in [2.05, 4.69) is 15.5 Å². The number of carbonyl (C=O) groups excluding carboxylic acids is 1. The lowest BCUT2D eigenvalue weighted by molar-refractivity contribution is 0.101. The maximum absolute atomic E-state index is 13.8. The summed E-state index contributed by atoms with van der Waals surface area (Å²) in [5, 5.41) is 19.6. The molecule has 0 aliphatic heterocycles. The lowest BCUT2D eigenvalue weighted by Crippen LogP contribution is -2.18. The van der Waals surface area contributed by atoms with Gasteiger partial charge in [0, 0.05) is 29.3 Å². The van der Waals surface area contributed by atoms with Crippen LogP contribution in [0.4, 0.5) is 14.5 Å². The van der Waals surface area contributed by atoms with Crippen LogP contribution in [-0.2, 0) is 9.73 Å². The minimum absolute atomic E-state index is 0.0132. The smallest absolute Gasteiger partial charge is 0.261 e. The molecule has 9 nitrogen and oxygen atoms in total. The second kappa shape index (κ2) is 9.16. The summed E-state index contributed by atoms with van der Waals surface area (Å²) in [5.74, 6) is -4.75. The van der Waals surface area contributed by atoms with Gasteiger partial charge < -0.3 is 14.8 Å². The van der Waals surface area contributed by atoms with E-state index in [1.54, 1.807) is 0 Å². The van der Waals surface area contributed by atoms with Crippen molar-refractivity contribution in [2.45, 2.75) is 30.1 Å². The van der Waals surface area contributed by atoms with E-state index in [-0.39, 0.29) is 44.8 Å². The van der Waals surface area contributed by atoms with Gasteiger partial charge in [0.1, 0.15) is 5.56 Å². The minimum atomic E-state index is -3.04. The summed E-state index contributed by atoms with van der Waals surface area (Å²) in [6.45, 7) is 1.48. The first-order valence-electron chi connectivity index (χ1n) is 10.6. The largest absolute Gasteiger partial charge is 0.493 e. The van der Waals surface area contributed by atoms with Crippen molar-refractivity contribution in [2.75, 3.05) is 18.7 Å². The SMILES string of the molecule is COc1cc(C#N)ccc1Oc1nnc(C2CC2(F)F)c(C)c1C(=O)Nc1cccc(S(C)(=N)=O)c1. The molecule has 2 unspecified atom stereocenters. The van der Waals surface area contributed by atoms with Crippen LogP contribution < -0.4 is 14.8 Å². The quantitative estimate of drug-likeness (QED) is 0.460. The summed E-state index contributed by atoms with van der Waals surface area (Å²) in [7, 11) is -1.67. The van der Waals surface area contributed by atoms with Gasteiger partial charge in [-0.3, -0.25) is 4.79 Å². The Bertz CT molecular complexity index is 1520. The van der Waals surface area contributed by atoms with E-state index in [4.69, 9.17) is 19.5 Å². The maximum atomic E-state index is 13.8. The molecule has 1 aliphatic carbocycles. The van der Waals surface area contributed by atoms with Crippen molar-refractivity contribution in [3.63, 3.8) is 0 Å². The fraction of sp³-hybridized carbons (Fsp3) is 0.250. The van der Waals surface area contributed by atoms with Crippen molar-refractivity contribution >= 4 is 21.3 Å². The number of nitrogens with zero attached hydrogens (tertiary/aromatic N) is 3. The summed E-state index contributed by atoms with van der Waals surface area (Å²) in [5.41, 5.74) is 0.592. The number of methoxy groups -OCH3 is 1. The predicted molar refractivity (Wildman–Crippen MR) is 126 cm³/mol. The summed E-state index contributed by atoms with van der Waals surface area (Å²) >= 11 is 0. The molecule has 186 valence electrons. The number of anilines is 1. The highest BCUT2D eigenvalue weighted by Crippen LogP contribution is 2.56. The molecular formula is C24H21F2N5O4S. The molecule has 12 heteroatoms. The van der Waals surface area contributed by atoms with Gasteiger partial charge in [-0.15, -0.1) is 5.10 Å². The van der Waals surface area contributed by atoms with Crippen LogP contribution in [-0.4, -0.2) is 39.6 Å². The Morgan fingerprint density at radius 1 is 1.25 bits per heavy atom. The van der Waals surface area contributed by atoms with Gasteiger partial charge in [0.25, 0.3) is 17.7 Å². The van der Waals surface area contributed by atoms with Gasteiger partial charge in [0.2, 0.25) is 0 Å². The molecule has 3 aromatic rings. The summed E-state index contributed by atoms with van der Waals surface area (Å²) < 4.78 is 58.6. The number of hydrogen-bond acceptors (Lipinski definition) is 8. The number of ether oxygens (including phenoxy) is 2. The Labute approximate surface area is 206 Å². The van der Waals surface area contributed by atoms with Crippen molar-refractivity contribution in [1.82, 2.24) is 10.2 Å². The third-order valence-corrected chi connectivity index (χ3v) is 6.80. The molecule has 36 heavy (non-hydrogen) atoms. The number of rotatable bonds is 7. The third kappa shape index (κ3) is 4.96. The Balaban J connectivity index is 1.76. The topological polar surface area (TPSA) is 138 Å². The molecule has 1 heterocycles. The fourth-order valence-corrected chi connectivity index (χ4v) is 4.32. The van der Waals surface area contributed by atoms with Gasteiger partial charge in [0.15, 0.2) is 11.5 Å². The first-order chi connectivity index (χ1) is 16.9. The Kier molecular flexibility index (Phi) is 6.36. The van der Waals surface area contributed by atoms with Crippen LogP contribution in [0.15, 0.2) is 47.4 Å². The van der Waals surface area contributed by atoms with Gasteiger partial charge in [-0.1, -0.05) is 6.07 Å². The average Bonchev–Trinajstić information content (AvgIpc) is 3.46. The normalized spacial score (nSPS) is 17.4. The van der Waals surface area contributed by atoms with Crippen LogP contribution >= 0.6 is 0 Å². The Morgan fingerprint density at radius 3 is 2.58 bits per heavy atom. The highest BCUT2D eigenvalue weighted by molar-refractivity contribution is 7.91. The summed E-state index contributed by atoms with van der Waals surface area (Å²) in [6.07, 6.45) is 0.855. The second-order valence-corrected chi connectivity index (χ2v) is 10.5. The number of nitriles is 1. The number of carbonyl (C=O) groups is 1. The van der Waals surface area contributed by atoms with Gasteiger partial charge in [-0.2, -0.15) is 10.4 Å². The van der Waals surface area contributed by atoms with E-state index >= 15 is 0 Å². The fourth-order valence-electron chi connectivity index (χ4n) is 3.63. The van der Waals surface area contributed by atoms with Crippen LogP contribution in [0.5, 0.6) is 17.4 Å². The van der Waals surface area contributed by atoms with Crippen molar-refractivity contribution in [3.8, 4) is 23.4 Å². The summed E-state index contributed by atoms with van der Waals surface area (Å²) in [6, 6.07) is 12.3. The van der Waals surface area contributed by atoms with Gasteiger partial charge in [-0.25, -0.2) is 17.8 Å². The number of aromatic nitrogens is 2. The zero-order valence-corrected chi connectivity index (χ0v) is 20.3. The monoisotopic (exact) mass is 513 g/mol. The van der Waals surface area contributed by atoms with Crippen LogP contribution in [0, 0.1) is 23.0 Å². The van der Waals surface area contributed by atoms with Crippen molar-refractivity contribution in [2.24, 2.45) is 0 Å². The average molecular weight is 514 g/mol. The molecular weight excluding hydrogens is 492 g/mol. The van der Waals surface area contributed by atoms with Crippen LogP contribution in [0.2, 0.25) is 0 Å². The number of hydrogen-bond donors (Lipinski definition) is 2. The second-order valence-electron chi connectivity index (χ2n) is 8.31. The van der Waals surface area contributed by atoms with Crippen molar-refractivity contribution < 1.29 is 27.3 Å². The zero-order chi connectivity index (χ0) is 26.3. The Hall–Kier alpha value is -4.11. The van der Waals surface area contributed by atoms with Crippen molar-refractivity contribution in [1.29, 1.82) is 10.0 Å². The summed E-state index contributed by atoms with van der Waals surface area (Å²) in [4.78, 5) is 13.6. The molecule has 2 aromatic carbocycles. The molecule has 1 fully saturated rings. The van der Waals surface area contributed by atoms with Crippen LogP contribution in [0.1, 0.15) is 39.5 Å². The molecule has 0 radical (unpaired) electrons. The van der Waals surface area contributed by atoms with E-state index in [0.29, 0.717) is 5.56 Å². The Morgan fingerprint density at radius 2 is 1.97 bits per heavy atom. The number of halogens is 2. The molecule has 1 aliphatic rings. The highest BCUT2D eigenvalue weighted by atomic mass is 32.2. The molecule has 4 rings (SSSR count). The number of benzene rings is 2. The maximum Gasteiger partial charge on any atom is 0.261 e. The molecule has 0 saturated heterocycles. The number of nitrogens with one attached hydrogen (secondary N) is 2. The van der Waals surface area contributed by atoms with Crippen LogP contribution in [0.3, 0.4) is 0 Å². The third-order valence-electron chi connectivity index (χ3n) is 5.65. The first-order valence-corrected chi connectivity index (χ1v) is 12.6. The lowest BCUT2D eigenvalue weighted by Gasteiger charge is -2.16. The standard InChI is InChI=1S/C24H21F2N5O4S/c1-13-20(22(32)29-15-5-4-6-16(10-15)36(3,28)33)23(31-30-21(13)17-11-24(17,25)26)35-18-8-7-14(12-27)9-19(18)34-2/h4-10,17,28H,11H2,1-3H3,(H,29,32). The molecule has 0 bridgehead atoms. The lowest BCUT2D eigenvalue weighted by atomic mass is 10.1. The molecule has 2 N–H and O–H groups in total.